The normalized spacial score (nSPS) is 17.5. The topological polar surface area (TPSA) is 121 Å². The Kier molecular flexibility index (Phi) is 3.83. The Morgan fingerprint density at radius 2 is 1.92 bits per heavy atom. The van der Waals surface area contributed by atoms with Crippen molar-refractivity contribution in [2.45, 2.75) is 31.4 Å². The van der Waals surface area contributed by atoms with Gasteiger partial charge in [0.05, 0.1) is 6.42 Å². The van der Waals surface area contributed by atoms with Gasteiger partial charge in [0.15, 0.2) is 0 Å². The number of aliphatic carboxylic acids is 2. The molecule has 0 aliphatic heterocycles. The summed E-state index contributed by atoms with van der Waals surface area (Å²) < 4.78 is 0. The predicted octanol–water partition coefficient (Wildman–Crippen LogP) is -0.986. The van der Waals surface area contributed by atoms with E-state index in [1.54, 1.807) is 0 Å². The number of hydrogen-bond acceptors (Lipinski definition) is 4. The number of carbonyl (C=O) groups is 2. The van der Waals surface area contributed by atoms with Gasteiger partial charge in [-0.15, -0.1) is 0 Å². The Morgan fingerprint density at radius 1 is 1.46 bits per heavy atom. The fraction of sp³-hybridized carbons (Fsp3) is 0.714. The van der Waals surface area contributed by atoms with E-state index < -0.39 is 30.0 Å². The Balaban J connectivity index is 4.61. The molecule has 0 fully saturated rings. The van der Waals surface area contributed by atoms with Gasteiger partial charge in [-0.2, -0.15) is 0 Å². The van der Waals surface area contributed by atoms with Crippen molar-refractivity contribution in [3.63, 3.8) is 0 Å². The Labute approximate surface area is 75.0 Å². The summed E-state index contributed by atoms with van der Waals surface area (Å²) in [5.41, 5.74) is 3.26. The highest BCUT2D eigenvalue weighted by Gasteiger charge is 2.39. The first-order valence-corrected chi connectivity index (χ1v) is 3.76. The molecule has 0 heterocycles. The van der Waals surface area contributed by atoms with Gasteiger partial charge < -0.3 is 21.1 Å². The molecule has 2 atom stereocenters. The number of aliphatic hydroxyl groups is 1. The van der Waals surface area contributed by atoms with E-state index in [1.807, 2.05) is 0 Å². The minimum Gasteiger partial charge on any atom is -0.481 e. The third kappa shape index (κ3) is 3.00. The zero-order valence-corrected chi connectivity index (χ0v) is 7.23. The molecule has 0 saturated carbocycles. The fourth-order valence-electron chi connectivity index (χ4n) is 0.947. The van der Waals surface area contributed by atoms with Crippen LogP contribution in [0.4, 0.5) is 0 Å². The van der Waals surface area contributed by atoms with Gasteiger partial charge in [-0.3, -0.25) is 9.59 Å². The monoisotopic (exact) mass is 191 g/mol. The van der Waals surface area contributed by atoms with Crippen LogP contribution in [0, 0.1) is 0 Å². The number of hydrogen-bond donors (Lipinski definition) is 4. The molecule has 6 heteroatoms. The van der Waals surface area contributed by atoms with Gasteiger partial charge in [0.1, 0.15) is 11.6 Å². The van der Waals surface area contributed by atoms with E-state index in [2.05, 4.69) is 0 Å². The summed E-state index contributed by atoms with van der Waals surface area (Å²) in [4.78, 5) is 20.7. The van der Waals surface area contributed by atoms with Gasteiger partial charge in [-0.1, -0.05) is 6.92 Å². The highest BCUT2D eigenvalue weighted by molar-refractivity contribution is 5.77. The number of carboxylic acids is 2. The van der Waals surface area contributed by atoms with Gasteiger partial charge in [0.2, 0.25) is 0 Å². The zero-order valence-electron chi connectivity index (χ0n) is 7.23. The third-order valence-corrected chi connectivity index (χ3v) is 1.91. The fourth-order valence-corrected chi connectivity index (χ4v) is 0.947. The Morgan fingerprint density at radius 3 is 2.15 bits per heavy atom. The summed E-state index contributed by atoms with van der Waals surface area (Å²) in [6.45, 7) is 1.48. The average Bonchev–Trinajstić information content (AvgIpc) is 2.01. The number of rotatable bonds is 5. The molecular weight excluding hydrogens is 178 g/mol. The molecule has 0 aromatic heterocycles. The van der Waals surface area contributed by atoms with Crippen molar-refractivity contribution < 1.29 is 24.9 Å². The molecule has 0 radical (unpaired) electrons. The van der Waals surface area contributed by atoms with Crippen LogP contribution in [0.15, 0.2) is 0 Å². The van der Waals surface area contributed by atoms with E-state index in [0.29, 0.717) is 0 Å². The van der Waals surface area contributed by atoms with E-state index in [-0.39, 0.29) is 6.42 Å². The van der Waals surface area contributed by atoms with Gasteiger partial charge in [-0.05, 0) is 6.42 Å². The smallest absolute Gasteiger partial charge is 0.323 e. The largest absolute Gasteiger partial charge is 0.481 e. The highest BCUT2D eigenvalue weighted by atomic mass is 16.4. The molecule has 0 saturated heterocycles. The summed E-state index contributed by atoms with van der Waals surface area (Å²) >= 11 is 0. The maximum Gasteiger partial charge on any atom is 0.323 e. The lowest BCUT2D eigenvalue weighted by atomic mass is 9.88. The van der Waals surface area contributed by atoms with Crippen LogP contribution in [-0.2, 0) is 9.59 Å². The van der Waals surface area contributed by atoms with E-state index in [9.17, 15) is 14.7 Å². The molecule has 1 unspecified atom stereocenters. The van der Waals surface area contributed by atoms with Crippen LogP contribution in [0.2, 0.25) is 0 Å². The summed E-state index contributed by atoms with van der Waals surface area (Å²) in [7, 11) is 0. The van der Waals surface area contributed by atoms with Crippen molar-refractivity contribution in [3.05, 3.63) is 0 Å². The van der Waals surface area contributed by atoms with Crippen LogP contribution >= 0.6 is 0 Å². The van der Waals surface area contributed by atoms with Crippen LogP contribution in [0.1, 0.15) is 19.8 Å². The molecule has 6 nitrogen and oxygen atoms in total. The second-order valence-electron chi connectivity index (χ2n) is 2.84. The molecule has 0 rings (SSSR count). The van der Waals surface area contributed by atoms with Crippen molar-refractivity contribution >= 4 is 11.9 Å². The summed E-state index contributed by atoms with van der Waals surface area (Å²) in [5.74, 6) is -2.69. The first-order chi connectivity index (χ1) is 5.83. The van der Waals surface area contributed by atoms with E-state index in [4.69, 9.17) is 15.9 Å². The molecule has 0 aliphatic rings. The highest BCUT2D eigenvalue weighted by Crippen LogP contribution is 2.18. The second-order valence-corrected chi connectivity index (χ2v) is 2.84. The lowest BCUT2D eigenvalue weighted by molar-refractivity contribution is -0.151. The van der Waals surface area contributed by atoms with Crippen molar-refractivity contribution in [1.82, 2.24) is 0 Å². The SMILES string of the molecule is CCC(O)(CC(=O)O)[C@@H](N)C(=O)O. The third-order valence-electron chi connectivity index (χ3n) is 1.91. The van der Waals surface area contributed by atoms with Crippen LogP contribution in [0.25, 0.3) is 0 Å². The standard InChI is InChI=1S/C7H13NO5/c1-2-7(13,3-4(9)10)5(8)6(11)12/h5,13H,2-3,8H2,1H3,(H,9,10)(H,11,12)/t5-,7?/m0/s1. The molecule has 76 valence electrons. The van der Waals surface area contributed by atoms with Crippen molar-refractivity contribution in [2.75, 3.05) is 0 Å². The number of carboxylic acid groups (broad SMARTS) is 2. The quantitative estimate of drug-likeness (QED) is 0.443. The van der Waals surface area contributed by atoms with Gasteiger partial charge >= 0.3 is 11.9 Å². The van der Waals surface area contributed by atoms with Crippen molar-refractivity contribution in [1.29, 1.82) is 0 Å². The van der Waals surface area contributed by atoms with Crippen molar-refractivity contribution in [2.24, 2.45) is 5.73 Å². The van der Waals surface area contributed by atoms with Crippen molar-refractivity contribution in [3.8, 4) is 0 Å². The minimum absolute atomic E-state index is 0.0211. The first kappa shape index (κ1) is 11.9. The van der Waals surface area contributed by atoms with Gasteiger partial charge in [-0.25, -0.2) is 0 Å². The Bertz CT molecular complexity index is 217. The van der Waals surface area contributed by atoms with Crippen LogP contribution in [-0.4, -0.2) is 38.9 Å². The maximum atomic E-state index is 10.4. The molecule has 0 aliphatic carbocycles. The van der Waals surface area contributed by atoms with Gasteiger partial charge in [0, 0.05) is 0 Å². The van der Waals surface area contributed by atoms with E-state index >= 15 is 0 Å². The van der Waals surface area contributed by atoms with Gasteiger partial charge in [0.25, 0.3) is 0 Å². The lowest BCUT2D eigenvalue weighted by Gasteiger charge is -2.28. The van der Waals surface area contributed by atoms with Crippen LogP contribution in [0.5, 0.6) is 0 Å². The van der Waals surface area contributed by atoms with E-state index in [0.717, 1.165) is 0 Å². The molecular formula is C7H13NO5. The predicted molar refractivity (Wildman–Crippen MR) is 43.1 cm³/mol. The molecule has 13 heavy (non-hydrogen) atoms. The second kappa shape index (κ2) is 4.20. The Hall–Kier alpha value is -1.14. The van der Waals surface area contributed by atoms with Crippen LogP contribution < -0.4 is 5.73 Å². The average molecular weight is 191 g/mol. The zero-order chi connectivity index (χ0) is 10.6. The molecule has 0 amide bonds. The molecule has 0 spiro atoms. The molecule has 0 aromatic carbocycles. The lowest BCUT2D eigenvalue weighted by Crippen LogP contribution is -2.53. The first-order valence-electron chi connectivity index (χ1n) is 3.76. The number of nitrogens with two attached hydrogens (primary N) is 1. The summed E-state index contributed by atoms with van der Waals surface area (Å²) in [6.07, 6.45) is -0.691. The molecule has 0 bridgehead atoms. The summed E-state index contributed by atoms with van der Waals surface area (Å²) in [5, 5.41) is 26.4. The maximum absolute atomic E-state index is 10.4. The van der Waals surface area contributed by atoms with Crippen LogP contribution in [0.3, 0.4) is 0 Å². The van der Waals surface area contributed by atoms with E-state index in [1.165, 1.54) is 6.92 Å². The minimum atomic E-state index is -1.88. The molecule has 5 N–H and O–H groups in total. The molecule has 0 aromatic rings. The summed E-state index contributed by atoms with van der Waals surface area (Å²) in [6, 6.07) is -1.58.